The fraction of sp³-hybridized carbons (Fsp3) is 0.929. The molecule has 0 spiro atoms. The van der Waals surface area contributed by atoms with Crippen LogP contribution in [0.4, 0.5) is 0 Å². The maximum absolute atomic E-state index is 11.9. The molecule has 4 saturated carbocycles. The molecular formula is C14H22O2. The zero-order valence-corrected chi connectivity index (χ0v) is 9.94. The van der Waals surface area contributed by atoms with E-state index in [9.17, 15) is 5.11 Å². The van der Waals surface area contributed by atoms with Crippen LogP contribution in [0.3, 0.4) is 0 Å². The molecule has 5 unspecified atom stereocenters. The van der Waals surface area contributed by atoms with E-state index in [0.29, 0.717) is 17.9 Å². The molecule has 0 aromatic carbocycles. The van der Waals surface area contributed by atoms with Gasteiger partial charge in [-0.3, -0.25) is 0 Å². The number of rotatable bonds is 2. The molecule has 5 atom stereocenters. The van der Waals surface area contributed by atoms with Gasteiger partial charge in [-0.1, -0.05) is 12.8 Å². The van der Waals surface area contributed by atoms with Gasteiger partial charge < -0.3 is 4.74 Å². The quantitative estimate of drug-likeness (QED) is 0.705. The second-order valence-electron chi connectivity index (χ2n) is 5.85. The van der Waals surface area contributed by atoms with Gasteiger partial charge in [0.25, 0.3) is 0 Å². The Morgan fingerprint density at radius 1 is 1.06 bits per heavy atom. The molecule has 0 N–H and O–H groups in total. The van der Waals surface area contributed by atoms with E-state index in [1.165, 1.54) is 32.1 Å². The van der Waals surface area contributed by atoms with Crippen LogP contribution in [0.2, 0.25) is 0 Å². The van der Waals surface area contributed by atoms with Crippen molar-refractivity contribution in [1.82, 2.24) is 0 Å². The minimum Gasteiger partial charge on any atom is -0.374 e. The Bertz CT molecular complexity index is 235. The van der Waals surface area contributed by atoms with Gasteiger partial charge in [0, 0.05) is 5.92 Å². The highest BCUT2D eigenvalue weighted by atomic mass is 16.5. The second kappa shape index (κ2) is 4.66. The number of hydrogen-bond acceptors (Lipinski definition) is 1. The highest BCUT2D eigenvalue weighted by Gasteiger charge is 2.43. The van der Waals surface area contributed by atoms with Crippen LogP contribution in [0.15, 0.2) is 0 Å². The van der Waals surface area contributed by atoms with Gasteiger partial charge >= 0.3 is 0 Å². The summed E-state index contributed by atoms with van der Waals surface area (Å²) in [6, 6.07) is 0. The smallest absolute Gasteiger partial charge is 0.0985 e. The zero-order valence-electron chi connectivity index (χ0n) is 9.94. The Hall–Kier alpha value is -0.0800. The Morgan fingerprint density at radius 2 is 2.00 bits per heavy atom. The van der Waals surface area contributed by atoms with E-state index in [1.54, 1.807) is 0 Å². The summed E-state index contributed by atoms with van der Waals surface area (Å²) in [5, 5.41) is 11.9. The Labute approximate surface area is 98.4 Å². The Kier molecular flexibility index (Phi) is 3.21. The molecule has 0 saturated heterocycles. The van der Waals surface area contributed by atoms with Gasteiger partial charge in [-0.05, 0) is 50.9 Å². The Balaban J connectivity index is 1.58. The van der Waals surface area contributed by atoms with Crippen molar-refractivity contribution in [2.75, 3.05) is 0 Å². The van der Waals surface area contributed by atoms with E-state index < -0.39 is 0 Å². The predicted octanol–water partition coefficient (Wildman–Crippen LogP) is 3.14. The largest absolute Gasteiger partial charge is 0.374 e. The molecule has 0 aliphatic heterocycles. The average molecular weight is 222 g/mol. The monoisotopic (exact) mass is 222 g/mol. The fourth-order valence-corrected chi connectivity index (χ4v) is 3.79. The van der Waals surface area contributed by atoms with Crippen molar-refractivity contribution in [3.05, 3.63) is 6.42 Å². The van der Waals surface area contributed by atoms with Gasteiger partial charge in [0.05, 0.1) is 18.3 Å². The molecule has 90 valence electrons. The molecule has 2 nitrogen and oxygen atoms in total. The van der Waals surface area contributed by atoms with Crippen LogP contribution in [0.5, 0.6) is 0 Å². The van der Waals surface area contributed by atoms with Gasteiger partial charge in [0.2, 0.25) is 0 Å². The lowest BCUT2D eigenvalue weighted by Crippen LogP contribution is -2.46. The van der Waals surface area contributed by atoms with E-state index in [2.05, 4.69) is 6.42 Å². The molecular weight excluding hydrogens is 200 g/mol. The lowest BCUT2D eigenvalue weighted by molar-refractivity contribution is -0.148. The van der Waals surface area contributed by atoms with Crippen LogP contribution in [0, 0.1) is 18.3 Å². The number of ether oxygens (including phenoxy) is 1. The van der Waals surface area contributed by atoms with Gasteiger partial charge in [-0.15, -0.1) is 0 Å². The molecule has 2 radical (unpaired) electrons. The van der Waals surface area contributed by atoms with Gasteiger partial charge in [0.1, 0.15) is 0 Å². The van der Waals surface area contributed by atoms with Crippen molar-refractivity contribution in [3.63, 3.8) is 0 Å². The summed E-state index contributed by atoms with van der Waals surface area (Å²) in [5.41, 5.74) is 0. The van der Waals surface area contributed by atoms with E-state index in [0.717, 1.165) is 19.3 Å². The van der Waals surface area contributed by atoms with Crippen LogP contribution >= 0.6 is 0 Å². The summed E-state index contributed by atoms with van der Waals surface area (Å²) in [4.78, 5) is 0. The van der Waals surface area contributed by atoms with Crippen LogP contribution < -0.4 is 0 Å². The van der Waals surface area contributed by atoms with Gasteiger partial charge in [-0.2, -0.15) is 0 Å². The normalized spacial score (nSPS) is 44.8. The predicted molar refractivity (Wildman–Crippen MR) is 61.4 cm³/mol. The minimum atomic E-state index is -0.332. The van der Waals surface area contributed by atoms with Gasteiger partial charge in [-0.25, -0.2) is 5.11 Å². The summed E-state index contributed by atoms with van der Waals surface area (Å²) in [5.74, 6) is 0.987. The molecule has 4 fully saturated rings. The van der Waals surface area contributed by atoms with E-state index in [1.807, 2.05) is 0 Å². The van der Waals surface area contributed by atoms with Crippen LogP contribution in [0.25, 0.3) is 0 Å². The Morgan fingerprint density at radius 3 is 2.69 bits per heavy atom. The molecule has 0 aromatic rings. The summed E-state index contributed by atoms with van der Waals surface area (Å²) in [6.07, 6.45) is 12.1. The van der Waals surface area contributed by atoms with E-state index in [4.69, 9.17) is 4.74 Å². The second-order valence-corrected chi connectivity index (χ2v) is 5.85. The van der Waals surface area contributed by atoms with Gasteiger partial charge in [0.15, 0.2) is 0 Å². The first kappa shape index (κ1) is 11.0. The molecule has 2 heteroatoms. The maximum Gasteiger partial charge on any atom is 0.0985 e. The van der Waals surface area contributed by atoms with E-state index >= 15 is 0 Å². The SMILES string of the molecule is [O]C1CC2CCC1C(OC1[CH]CCCC1)C2. The summed E-state index contributed by atoms with van der Waals surface area (Å²) in [6.45, 7) is 0. The maximum atomic E-state index is 11.9. The van der Waals surface area contributed by atoms with Crippen LogP contribution in [-0.2, 0) is 9.84 Å². The number of hydrogen-bond donors (Lipinski definition) is 0. The van der Waals surface area contributed by atoms with E-state index in [-0.39, 0.29) is 12.2 Å². The summed E-state index contributed by atoms with van der Waals surface area (Å²) in [7, 11) is 0. The van der Waals surface area contributed by atoms with Crippen molar-refractivity contribution in [3.8, 4) is 0 Å². The highest BCUT2D eigenvalue weighted by molar-refractivity contribution is 4.94. The molecule has 4 rings (SSSR count). The third-order valence-electron chi connectivity index (χ3n) is 4.72. The molecule has 0 aromatic heterocycles. The molecule has 0 heterocycles. The first-order valence-corrected chi connectivity index (χ1v) is 6.97. The molecule has 2 bridgehead atoms. The lowest BCUT2D eigenvalue weighted by atomic mass is 9.67. The standard InChI is InChI=1S/C14H22O2/c15-13-8-10-6-7-12(13)14(9-10)16-11-4-2-1-3-5-11/h4,10-14H,1-3,5-9H2. The molecule has 0 amide bonds. The molecule has 16 heavy (non-hydrogen) atoms. The fourth-order valence-electron chi connectivity index (χ4n) is 3.79. The third-order valence-corrected chi connectivity index (χ3v) is 4.72. The van der Waals surface area contributed by atoms with Crippen LogP contribution in [0.1, 0.15) is 51.4 Å². The van der Waals surface area contributed by atoms with Crippen molar-refractivity contribution >= 4 is 0 Å². The number of fused-ring (bicyclic) bond motifs is 3. The highest BCUT2D eigenvalue weighted by Crippen LogP contribution is 2.44. The van der Waals surface area contributed by atoms with Crippen molar-refractivity contribution < 1.29 is 9.84 Å². The minimum absolute atomic E-state index is 0.286. The summed E-state index contributed by atoms with van der Waals surface area (Å²) >= 11 is 0. The summed E-state index contributed by atoms with van der Waals surface area (Å²) < 4.78 is 6.18. The zero-order chi connectivity index (χ0) is 11.0. The van der Waals surface area contributed by atoms with Crippen molar-refractivity contribution in [2.45, 2.75) is 69.7 Å². The van der Waals surface area contributed by atoms with Crippen molar-refractivity contribution in [2.24, 2.45) is 11.8 Å². The molecule has 4 aliphatic rings. The topological polar surface area (TPSA) is 29.1 Å². The molecule has 4 aliphatic carbocycles. The lowest BCUT2D eigenvalue weighted by Gasteiger charge is -2.45. The van der Waals surface area contributed by atoms with Crippen molar-refractivity contribution in [1.29, 1.82) is 0 Å². The first-order chi connectivity index (χ1) is 7.83. The average Bonchev–Trinajstić information content (AvgIpc) is 2.30. The van der Waals surface area contributed by atoms with Crippen LogP contribution in [-0.4, -0.2) is 18.3 Å². The third kappa shape index (κ3) is 2.14. The first-order valence-electron chi connectivity index (χ1n) is 6.97.